The van der Waals surface area contributed by atoms with Gasteiger partial charge in [-0.3, -0.25) is 19.3 Å². The zero-order chi connectivity index (χ0) is 22.7. The number of imide groups is 1. The number of aromatic nitrogens is 3. The van der Waals surface area contributed by atoms with Crippen molar-refractivity contribution in [3.05, 3.63) is 58.5 Å². The number of thioether (sulfide) groups is 1. The van der Waals surface area contributed by atoms with E-state index in [-0.39, 0.29) is 29.7 Å². The summed E-state index contributed by atoms with van der Waals surface area (Å²) in [6.07, 6.45) is 1.49. The number of carbonyl (C=O) groups is 3. The standard InChI is InChI=1S/C20H15F2N5O4S/c21-19(22)31-13-4-1-11(2-5-13)9-16-18(29)27(20(30)32-16)8-7-23-17(28)12-3-6-14-15(10-12)25-26-24-14/h1-6,9-10,19H,7-8H2,(H,23,28)(H,24,25,26)/b16-9+. The van der Waals surface area contributed by atoms with E-state index in [1.165, 1.54) is 30.3 Å². The number of aromatic amines is 1. The summed E-state index contributed by atoms with van der Waals surface area (Å²) in [4.78, 5) is 38.3. The number of halogens is 2. The maximum Gasteiger partial charge on any atom is 0.387 e. The Bertz CT molecular complexity index is 1210. The molecule has 4 rings (SSSR count). The summed E-state index contributed by atoms with van der Waals surface area (Å²) in [5.41, 5.74) is 2.10. The summed E-state index contributed by atoms with van der Waals surface area (Å²) in [6, 6.07) is 10.5. The highest BCUT2D eigenvalue weighted by Crippen LogP contribution is 2.32. The molecule has 3 amide bonds. The second-order valence-electron chi connectivity index (χ2n) is 6.56. The molecule has 0 bridgehead atoms. The van der Waals surface area contributed by atoms with Gasteiger partial charge in [0.15, 0.2) is 0 Å². The highest BCUT2D eigenvalue weighted by Gasteiger charge is 2.34. The summed E-state index contributed by atoms with van der Waals surface area (Å²) in [5, 5.41) is 12.5. The van der Waals surface area contributed by atoms with Crippen molar-refractivity contribution in [3.63, 3.8) is 0 Å². The number of nitrogens with zero attached hydrogens (tertiary/aromatic N) is 3. The number of alkyl halides is 2. The number of ether oxygens (including phenoxy) is 1. The highest BCUT2D eigenvalue weighted by atomic mass is 32.2. The van der Waals surface area contributed by atoms with Gasteiger partial charge in [0.1, 0.15) is 16.8 Å². The Morgan fingerprint density at radius 3 is 2.66 bits per heavy atom. The van der Waals surface area contributed by atoms with E-state index in [1.807, 2.05) is 0 Å². The van der Waals surface area contributed by atoms with E-state index in [4.69, 9.17) is 0 Å². The average molecular weight is 459 g/mol. The Morgan fingerprint density at radius 2 is 1.91 bits per heavy atom. The molecule has 0 radical (unpaired) electrons. The van der Waals surface area contributed by atoms with E-state index < -0.39 is 17.8 Å². The maximum atomic E-state index is 12.6. The normalized spacial score (nSPS) is 15.2. The number of fused-ring (bicyclic) bond motifs is 1. The van der Waals surface area contributed by atoms with Crippen LogP contribution in [0.4, 0.5) is 13.6 Å². The van der Waals surface area contributed by atoms with Crippen LogP contribution in [0.15, 0.2) is 47.4 Å². The number of hydrogen-bond donors (Lipinski definition) is 2. The van der Waals surface area contributed by atoms with Crippen molar-refractivity contribution in [1.82, 2.24) is 25.6 Å². The van der Waals surface area contributed by atoms with E-state index in [0.717, 1.165) is 16.7 Å². The van der Waals surface area contributed by atoms with Gasteiger partial charge in [-0.1, -0.05) is 12.1 Å². The summed E-state index contributed by atoms with van der Waals surface area (Å²) in [6.45, 7) is -2.86. The van der Waals surface area contributed by atoms with Crippen LogP contribution < -0.4 is 10.1 Å². The Morgan fingerprint density at radius 1 is 1.16 bits per heavy atom. The van der Waals surface area contributed by atoms with E-state index in [9.17, 15) is 23.2 Å². The summed E-state index contributed by atoms with van der Waals surface area (Å²) >= 11 is 0.765. The van der Waals surface area contributed by atoms with E-state index in [1.54, 1.807) is 18.2 Å². The van der Waals surface area contributed by atoms with Crippen LogP contribution in [0.3, 0.4) is 0 Å². The lowest BCUT2D eigenvalue weighted by atomic mass is 10.2. The van der Waals surface area contributed by atoms with E-state index in [2.05, 4.69) is 25.5 Å². The van der Waals surface area contributed by atoms with Gasteiger partial charge >= 0.3 is 6.61 Å². The van der Waals surface area contributed by atoms with Gasteiger partial charge in [0.2, 0.25) is 0 Å². The third kappa shape index (κ3) is 4.75. The quantitative estimate of drug-likeness (QED) is 0.522. The van der Waals surface area contributed by atoms with Crippen molar-refractivity contribution in [2.45, 2.75) is 6.61 Å². The SMILES string of the molecule is O=C(NCCN1C(=O)S/C(=C/c2ccc(OC(F)F)cc2)C1=O)c1ccc2n[nH]nc2c1. The second-order valence-corrected chi connectivity index (χ2v) is 7.56. The second kappa shape index (κ2) is 9.14. The first kappa shape index (κ1) is 21.4. The molecular weight excluding hydrogens is 444 g/mol. The largest absolute Gasteiger partial charge is 0.435 e. The van der Waals surface area contributed by atoms with Crippen LogP contribution >= 0.6 is 11.8 Å². The number of amides is 3. The minimum Gasteiger partial charge on any atom is -0.435 e. The summed E-state index contributed by atoms with van der Waals surface area (Å²) in [5.74, 6) is -0.876. The Balaban J connectivity index is 1.34. The number of hydrogen-bond acceptors (Lipinski definition) is 7. The minimum atomic E-state index is -2.93. The first-order valence-corrected chi connectivity index (χ1v) is 10.1. The Kier molecular flexibility index (Phi) is 6.12. The minimum absolute atomic E-state index is 0.00111. The van der Waals surface area contributed by atoms with Gasteiger partial charge < -0.3 is 10.1 Å². The molecule has 2 aromatic carbocycles. The molecule has 2 heterocycles. The molecule has 2 N–H and O–H groups in total. The molecule has 164 valence electrons. The number of carbonyl (C=O) groups excluding carboxylic acids is 3. The lowest BCUT2D eigenvalue weighted by molar-refractivity contribution is -0.122. The van der Waals surface area contributed by atoms with Gasteiger partial charge in [-0.25, -0.2) is 0 Å². The van der Waals surface area contributed by atoms with Crippen LogP contribution in [-0.2, 0) is 4.79 Å². The van der Waals surface area contributed by atoms with Gasteiger partial charge in [-0.2, -0.15) is 24.2 Å². The van der Waals surface area contributed by atoms with Crippen molar-refractivity contribution in [3.8, 4) is 5.75 Å². The van der Waals surface area contributed by atoms with Crippen molar-refractivity contribution < 1.29 is 27.9 Å². The number of benzene rings is 2. The van der Waals surface area contributed by atoms with Crippen LogP contribution in [0.2, 0.25) is 0 Å². The molecule has 1 aliphatic rings. The van der Waals surface area contributed by atoms with Crippen LogP contribution in [0, 0.1) is 0 Å². The number of nitrogens with one attached hydrogen (secondary N) is 2. The molecule has 12 heteroatoms. The lowest BCUT2D eigenvalue weighted by Crippen LogP contribution is -2.37. The third-order valence-electron chi connectivity index (χ3n) is 4.48. The molecule has 0 unspecified atom stereocenters. The summed E-state index contributed by atoms with van der Waals surface area (Å²) in [7, 11) is 0. The predicted octanol–water partition coefficient (Wildman–Crippen LogP) is 3.03. The fourth-order valence-corrected chi connectivity index (χ4v) is 3.82. The number of rotatable bonds is 7. The van der Waals surface area contributed by atoms with Gasteiger partial charge in [-0.05, 0) is 53.7 Å². The van der Waals surface area contributed by atoms with Crippen LogP contribution in [0.1, 0.15) is 15.9 Å². The zero-order valence-corrected chi connectivity index (χ0v) is 17.1. The fraction of sp³-hybridized carbons (Fsp3) is 0.150. The maximum absolute atomic E-state index is 12.6. The average Bonchev–Trinajstić information content (AvgIpc) is 3.33. The molecule has 1 fully saturated rings. The molecule has 0 atom stereocenters. The smallest absolute Gasteiger partial charge is 0.387 e. The molecule has 32 heavy (non-hydrogen) atoms. The van der Waals surface area contributed by atoms with Crippen LogP contribution in [0.5, 0.6) is 5.75 Å². The molecule has 3 aromatic rings. The van der Waals surface area contributed by atoms with Gasteiger partial charge in [0.05, 0.1) is 4.91 Å². The fourth-order valence-electron chi connectivity index (χ4n) is 2.95. The highest BCUT2D eigenvalue weighted by molar-refractivity contribution is 8.18. The van der Waals surface area contributed by atoms with Crippen LogP contribution in [0.25, 0.3) is 17.1 Å². The van der Waals surface area contributed by atoms with Crippen LogP contribution in [-0.4, -0.2) is 57.1 Å². The van der Waals surface area contributed by atoms with Gasteiger partial charge in [0.25, 0.3) is 17.1 Å². The molecule has 1 aromatic heterocycles. The van der Waals surface area contributed by atoms with Crippen molar-refractivity contribution in [2.24, 2.45) is 0 Å². The first-order chi connectivity index (χ1) is 15.4. The molecule has 9 nitrogen and oxygen atoms in total. The first-order valence-electron chi connectivity index (χ1n) is 9.30. The van der Waals surface area contributed by atoms with Crippen molar-refractivity contribution in [2.75, 3.05) is 13.1 Å². The Labute approximate surface area is 183 Å². The molecule has 0 aliphatic carbocycles. The molecule has 1 saturated heterocycles. The summed E-state index contributed by atoms with van der Waals surface area (Å²) < 4.78 is 28.7. The molecule has 0 saturated carbocycles. The molecule has 0 spiro atoms. The van der Waals surface area contributed by atoms with Gasteiger partial charge in [-0.15, -0.1) is 0 Å². The molecular formula is C20H15F2N5O4S. The van der Waals surface area contributed by atoms with Gasteiger partial charge in [0, 0.05) is 18.7 Å². The molecule has 1 aliphatic heterocycles. The third-order valence-corrected chi connectivity index (χ3v) is 5.38. The van der Waals surface area contributed by atoms with Crippen molar-refractivity contribution in [1.29, 1.82) is 0 Å². The Hall–Kier alpha value is -3.80. The van der Waals surface area contributed by atoms with Crippen molar-refractivity contribution >= 4 is 45.9 Å². The zero-order valence-electron chi connectivity index (χ0n) is 16.2. The van der Waals surface area contributed by atoms with E-state index in [0.29, 0.717) is 22.2 Å². The number of H-pyrrole nitrogens is 1. The lowest BCUT2D eigenvalue weighted by Gasteiger charge is -2.13. The topological polar surface area (TPSA) is 117 Å². The predicted molar refractivity (Wildman–Crippen MR) is 112 cm³/mol. The van der Waals surface area contributed by atoms with E-state index >= 15 is 0 Å². The monoisotopic (exact) mass is 459 g/mol.